The maximum absolute atomic E-state index is 11.7. The van der Waals surface area contributed by atoms with Crippen molar-refractivity contribution in [2.45, 2.75) is 20.5 Å². The Kier molecular flexibility index (Phi) is 5.14. The van der Waals surface area contributed by atoms with E-state index in [1.54, 1.807) is 13.0 Å². The molecule has 0 atom stereocenters. The molecule has 3 rings (SSSR count). The van der Waals surface area contributed by atoms with Crippen molar-refractivity contribution in [3.63, 3.8) is 0 Å². The Balaban J connectivity index is 1.72. The summed E-state index contributed by atoms with van der Waals surface area (Å²) in [6, 6.07) is 17.2. The van der Waals surface area contributed by atoms with Crippen LogP contribution in [0.2, 0.25) is 0 Å². The molecule has 0 saturated carbocycles. The Hall–Kier alpha value is -3.08. The summed E-state index contributed by atoms with van der Waals surface area (Å²) in [5, 5.41) is 3.75. The van der Waals surface area contributed by atoms with Crippen LogP contribution in [-0.2, 0) is 11.3 Å². The van der Waals surface area contributed by atoms with Gasteiger partial charge in [0.1, 0.15) is 12.4 Å². The predicted molar refractivity (Wildman–Crippen MR) is 93.4 cm³/mol. The van der Waals surface area contributed by atoms with Crippen molar-refractivity contribution in [3.8, 4) is 17.1 Å². The molecule has 0 unspecified atom stereocenters. The lowest BCUT2D eigenvalue weighted by molar-refractivity contribution is 0.0514. The summed E-state index contributed by atoms with van der Waals surface area (Å²) in [5.41, 5.74) is 3.24. The van der Waals surface area contributed by atoms with Gasteiger partial charge in [-0.25, -0.2) is 4.79 Å². The number of hydrogen-bond acceptors (Lipinski definition) is 5. The first-order valence-corrected chi connectivity index (χ1v) is 8.08. The van der Waals surface area contributed by atoms with Crippen LogP contribution in [0.15, 0.2) is 59.1 Å². The molecule has 128 valence electrons. The molecule has 0 amide bonds. The molecule has 1 heterocycles. The molecule has 5 heteroatoms. The molecular formula is C20H19NO4. The van der Waals surface area contributed by atoms with Crippen molar-refractivity contribution < 1.29 is 18.8 Å². The largest absolute Gasteiger partial charge is 0.489 e. The summed E-state index contributed by atoms with van der Waals surface area (Å²) in [6.07, 6.45) is 0. The molecule has 0 fully saturated rings. The molecule has 0 radical (unpaired) electrons. The van der Waals surface area contributed by atoms with Crippen LogP contribution in [0, 0.1) is 6.92 Å². The van der Waals surface area contributed by atoms with Gasteiger partial charge < -0.3 is 14.0 Å². The van der Waals surface area contributed by atoms with Crippen LogP contribution in [0.25, 0.3) is 11.3 Å². The summed E-state index contributed by atoms with van der Waals surface area (Å²) in [4.78, 5) is 11.7. The zero-order chi connectivity index (χ0) is 17.6. The number of aryl methyl sites for hydroxylation is 1. The molecular weight excluding hydrogens is 318 g/mol. The quantitative estimate of drug-likeness (QED) is 0.624. The lowest BCUT2D eigenvalue weighted by Crippen LogP contribution is -2.04. The zero-order valence-corrected chi connectivity index (χ0v) is 14.2. The van der Waals surface area contributed by atoms with E-state index < -0.39 is 5.97 Å². The van der Waals surface area contributed by atoms with Gasteiger partial charge in [0.25, 0.3) is 0 Å². The zero-order valence-electron chi connectivity index (χ0n) is 14.2. The number of esters is 1. The van der Waals surface area contributed by atoms with Gasteiger partial charge in [0.2, 0.25) is 0 Å². The number of carbonyl (C=O) groups is 1. The number of hydrogen-bond donors (Lipinski definition) is 0. The highest BCUT2D eigenvalue weighted by Gasteiger charge is 2.14. The van der Waals surface area contributed by atoms with Crippen LogP contribution in [-0.4, -0.2) is 17.7 Å². The lowest BCUT2D eigenvalue weighted by Gasteiger charge is -2.07. The number of ether oxygens (including phenoxy) is 2. The molecule has 0 aliphatic carbocycles. The van der Waals surface area contributed by atoms with Crippen LogP contribution >= 0.6 is 0 Å². The molecule has 5 nitrogen and oxygen atoms in total. The highest BCUT2D eigenvalue weighted by molar-refractivity contribution is 5.88. The van der Waals surface area contributed by atoms with E-state index in [0.29, 0.717) is 24.7 Å². The van der Waals surface area contributed by atoms with Crippen molar-refractivity contribution in [1.82, 2.24) is 5.16 Å². The van der Waals surface area contributed by atoms with Gasteiger partial charge >= 0.3 is 5.97 Å². The van der Waals surface area contributed by atoms with Crippen LogP contribution in [0.1, 0.15) is 28.5 Å². The van der Waals surface area contributed by atoms with Crippen LogP contribution in [0.5, 0.6) is 5.75 Å². The lowest BCUT2D eigenvalue weighted by atomic mass is 10.1. The maximum atomic E-state index is 11.7. The van der Waals surface area contributed by atoms with Crippen molar-refractivity contribution >= 4 is 5.97 Å². The van der Waals surface area contributed by atoms with Crippen LogP contribution < -0.4 is 4.74 Å². The Morgan fingerprint density at radius 3 is 2.76 bits per heavy atom. The first-order valence-electron chi connectivity index (χ1n) is 8.08. The van der Waals surface area contributed by atoms with E-state index in [1.807, 2.05) is 36.4 Å². The van der Waals surface area contributed by atoms with Crippen LogP contribution in [0.3, 0.4) is 0 Å². The summed E-state index contributed by atoms with van der Waals surface area (Å²) in [6.45, 7) is 4.57. The second kappa shape index (κ2) is 7.66. The first-order chi connectivity index (χ1) is 12.2. The van der Waals surface area contributed by atoms with E-state index in [9.17, 15) is 4.79 Å². The van der Waals surface area contributed by atoms with Gasteiger partial charge in [-0.15, -0.1) is 0 Å². The van der Waals surface area contributed by atoms with Crippen LogP contribution in [0.4, 0.5) is 0 Å². The van der Waals surface area contributed by atoms with Gasteiger partial charge in [-0.1, -0.05) is 47.1 Å². The minimum Gasteiger partial charge on any atom is -0.489 e. The molecule has 3 aromatic rings. The van der Waals surface area contributed by atoms with E-state index in [0.717, 1.165) is 11.1 Å². The topological polar surface area (TPSA) is 61.6 Å². The fraction of sp³-hybridized carbons (Fsp3) is 0.200. The van der Waals surface area contributed by atoms with Crippen molar-refractivity contribution in [2.75, 3.05) is 6.61 Å². The summed E-state index contributed by atoms with van der Waals surface area (Å²) < 4.78 is 16.0. The normalized spacial score (nSPS) is 10.5. The summed E-state index contributed by atoms with van der Waals surface area (Å²) >= 11 is 0. The SMILES string of the molecule is CCOC(=O)c1cc(-c2cccc(OCc3cccc(C)c3)c2)on1. The molecule has 1 aromatic heterocycles. The third kappa shape index (κ3) is 4.26. The molecule has 2 aromatic carbocycles. The van der Waals surface area contributed by atoms with Gasteiger partial charge in [-0.3, -0.25) is 0 Å². The Morgan fingerprint density at radius 2 is 1.96 bits per heavy atom. The van der Waals surface area contributed by atoms with Gasteiger partial charge in [0.15, 0.2) is 11.5 Å². The van der Waals surface area contributed by atoms with Gasteiger partial charge in [-0.2, -0.15) is 0 Å². The number of benzene rings is 2. The molecule has 25 heavy (non-hydrogen) atoms. The highest BCUT2D eigenvalue weighted by atomic mass is 16.5. The molecule has 0 saturated heterocycles. The first kappa shape index (κ1) is 16.8. The molecule has 0 N–H and O–H groups in total. The van der Waals surface area contributed by atoms with E-state index in [-0.39, 0.29) is 5.69 Å². The van der Waals surface area contributed by atoms with Crippen molar-refractivity contribution in [3.05, 3.63) is 71.4 Å². The molecule has 0 aliphatic heterocycles. The van der Waals surface area contributed by atoms with Crippen molar-refractivity contribution in [2.24, 2.45) is 0 Å². The molecule has 0 bridgehead atoms. The Bertz CT molecular complexity index is 869. The molecule has 0 spiro atoms. The van der Waals surface area contributed by atoms with E-state index >= 15 is 0 Å². The monoisotopic (exact) mass is 337 g/mol. The highest BCUT2D eigenvalue weighted by Crippen LogP contribution is 2.25. The van der Waals surface area contributed by atoms with Gasteiger partial charge in [-0.05, 0) is 31.5 Å². The second-order valence-corrected chi connectivity index (χ2v) is 5.60. The van der Waals surface area contributed by atoms with Gasteiger partial charge in [0.05, 0.1) is 6.61 Å². The standard InChI is InChI=1S/C20H19NO4/c1-3-23-20(22)18-12-19(25-21-18)16-8-5-9-17(11-16)24-13-15-7-4-6-14(2)10-15/h4-12H,3,13H2,1-2H3. The minimum absolute atomic E-state index is 0.155. The second-order valence-electron chi connectivity index (χ2n) is 5.60. The van der Waals surface area contributed by atoms with E-state index in [4.69, 9.17) is 14.0 Å². The van der Waals surface area contributed by atoms with E-state index in [1.165, 1.54) is 5.56 Å². The predicted octanol–water partition coefficient (Wildman–Crippen LogP) is 4.41. The average Bonchev–Trinajstić information content (AvgIpc) is 3.11. The van der Waals surface area contributed by atoms with Crippen molar-refractivity contribution in [1.29, 1.82) is 0 Å². The summed E-state index contributed by atoms with van der Waals surface area (Å²) in [7, 11) is 0. The third-order valence-electron chi connectivity index (χ3n) is 3.60. The number of rotatable bonds is 6. The average molecular weight is 337 g/mol. The third-order valence-corrected chi connectivity index (χ3v) is 3.60. The fourth-order valence-corrected chi connectivity index (χ4v) is 2.42. The number of nitrogens with zero attached hydrogens (tertiary/aromatic N) is 1. The maximum Gasteiger partial charge on any atom is 0.360 e. The fourth-order valence-electron chi connectivity index (χ4n) is 2.42. The van der Waals surface area contributed by atoms with Gasteiger partial charge in [0, 0.05) is 11.6 Å². The smallest absolute Gasteiger partial charge is 0.360 e. The Labute approximate surface area is 146 Å². The summed E-state index contributed by atoms with van der Waals surface area (Å²) in [5.74, 6) is 0.710. The minimum atomic E-state index is -0.496. The number of aromatic nitrogens is 1. The molecule has 0 aliphatic rings. The Morgan fingerprint density at radius 1 is 1.12 bits per heavy atom. The number of carbonyl (C=O) groups excluding carboxylic acids is 1. The van der Waals surface area contributed by atoms with E-state index in [2.05, 4.69) is 24.2 Å².